The van der Waals surface area contributed by atoms with Crippen molar-refractivity contribution in [2.75, 3.05) is 5.32 Å². The molecule has 1 N–H and O–H groups in total. The molecular weight excluding hydrogens is 374 g/mol. The molecule has 1 atom stereocenters. The number of anilines is 1. The number of nitrogens with one attached hydrogen (secondary N) is 1. The van der Waals surface area contributed by atoms with Gasteiger partial charge in [-0.05, 0) is 42.7 Å². The third-order valence-corrected chi connectivity index (χ3v) is 5.59. The number of hydrogen-bond donors (Lipinski definition) is 1. The highest BCUT2D eigenvalue weighted by atomic mass is 15.4. The number of benzene rings is 2. The highest BCUT2D eigenvalue weighted by Crippen LogP contribution is 2.39. The second-order valence-corrected chi connectivity index (χ2v) is 7.60. The number of hydrogen-bond acceptors (Lipinski definition) is 4. The van der Waals surface area contributed by atoms with Gasteiger partial charge in [0.05, 0.1) is 30.2 Å². The molecule has 1 aliphatic rings. The van der Waals surface area contributed by atoms with Gasteiger partial charge in [-0.3, -0.25) is 4.68 Å². The Labute approximate surface area is 174 Å². The normalized spacial score (nSPS) is 15.0. The highest BCUT2D eigenvalue weighted by Gasteiger charge is 2.25. The lowest BCUT2D eigenvalue weighted by Gasteiger charge is -2.21. The largest absolute Gasteiger partial charge is 0.378 e. The van der Waals surface area contributed by atoms with Gasteiger partial charge in [-0.2, -0.15) is 5.10 Å². The Morgan fingerprint density at radius 3 is 2.70 bits per heavy atom. The lowest BCUT2D eigenvalue weighted by Crippen LogP contribution is -2.12. The van der Waals surface area contributed by atoms with Crippen LogP contribution in [-0.4, -0.2) is 24.8 Å². The van der Waals surface area contributed by atoms with E-state index in [0.29, 0.717) is 5.69 Å². The predicted octanol–water partition coefficient (Wildman–Crippen LogP) is 4.76. The zero-order valence-corrected chi connectivity index (χ0v) is 16.9. The van der Waals surface area contributed by atoms with E-state index in [2.05, 4.69) is 43.8 Å². The Balaban J connectivity index is 1.60. The number of fused-ring (bicyclic) bond motifs is 3. The molecule has 0 saturated carbocycles. The van der Waals surface area contributed by atoms with E-state index >= 15 is 0 Å². The van der Waals surface area contributed by atoms with Gasteiger partial charge in [0.25, 0.3) is 0 Å². The fourth-order valence-electron chi connectivity index (χ4n) is 4.10. The molecule has 7 nitrogen and oxygen atoms in total. The number of aromatic nitrogens is 5. The first-order valence-electron chi connectivity index (χ1n) is 9.90. The molecule has 0 fully saturated rings. The van der Waals surface area contributed by atoms with Gasteiger partial charge in [0.1, 0.15) is 0 Å². The van der Waals surface area contributed by atoms with E-state index in [-0.39, 0.29) is 6.04 Å². The van der Waals surface area contributed by atoms with Crippen molar-refractivity contribution in [2.24, 2.45) is 7.05 Å². The average Bonchev–Trinajstić information content (AvgIpc) is 3.32. The molecule has 0 aliphatic carbocycles. The summed E-state index contributed by atoms with van der Waals surface area (Å²) in [5.41, 5.74) is 8.25. The Kier molecular flexibility index (Phi) is 4.32. The minimum atomic E-state index is 0.108. The zero-order chi connectivity index (χ0) is 20.7. The Bertz CT molecular complexity index is 1260. The maximum atomic E-state index is 7.16. The second kappa shape index (κ2) is 7.16. The monoisotopic (exact) mass is 395 g/mol. The summed E-state index contributed by atoms with van der Waals surface area (Å²) < 4.78 is 3.82. The van der Waals surface area contributed by atoms with Crippen molar-refractivity contribution >= 4 is 11.4 Å². The van der Waals surface area contributed by atoms with Crippen LogP contribution in [0.15, 0.2) is 54.9 Å². The molecule has 2 aromatic heterocycles. The van der Waals surface area contributed by atoms with E-state index in [4.69, 9.17) is 6.57 Å². The van der Waals surface area contributed by atoms with Gasteiger partial charge < -0.3 is 5.32 Å². The fraction of sp³-hybridized carbons (Fsp3) is 0.217. The number of nitrogens with zero attached hydrogens (tertiary/aromatic N) is 6. The quantitative estimate of drug-likeness (QED) is 0.508. The number of rotatable bonds is 3. The summed E-state index contributed by atoms with van der Waals surface area (Å²) in [4.78, 5) is 3.48. The molecule has 7 heteroatoms. The topological polar surface area (TPSA) is 64.9 Å². The Hall–Kier alpha value is -3.92. The maximum absolute atomic E-state index is 7.16. The first kappa shape index (κ1) is 18.1. The molecule has 148 valence electrons. The highest BCUT2D eigenvalue weighted by molar-refractivity contribution is 5.74. The van der Waals surface area contributed by atoms with E-state index in [1.54, 1.807) is 0 Å². The van der Waals surface area contributed by atoms with Crippen molar-refractivity contribution < 1.29 is 0 Å². The van der Waals surface area contributed by atoms with Crippen LogP contribution in [0.3, 0.4) is 0 Å². The van der Waals surface area contributed by atoms with Gasteiger partial charge in [-0.15, -0.1) is 5.10 Å². The van der Waals surface area contributed by atoms with Crippen molar-refractivity contribution in [3.05, 3.63) is 77.5 Å². The molecule has 30 heavy (non-hydrogen) atoms. The van der Waals surface area contributed by atoms with Crippen LogP contribution in [0.2, 0.25) is 0 Å². The third-order valence-electron chi connectivity index (χ3n) is 5.59. The SMILES string of the molecule is [C-]#[N+]c1ccc(NC2CCn3nnc(C)c3-c3ccc(-c4cnn(C)c4)cc32)cc1. The second-order valence-electron chi connectivity index (χ2n) is 7.60. The third kappa shape index (κ3) is 3.12. The first-order chi connectivity index (χ1) is 14.6. The van der Waals surface area contributed by atoms with Crippen LogP contribution in [0.4, 0.5) is 11.4 Å². The van der Waals surface area contributed by atoms with Gasteiger partial charge in [0.15, 0.2) is 5.69 Å². The predicted molar refractivity (Wildman–Crippen MR) is 116 cm³/mol. The summed E-state index contributed by atoms with van der Waals surface area (Å²) in [5, 5.41) is 16.6. The minimum Gasteiger partial charge on any atom is -0.378 e. The van der Waals surface area contributed by atoms with Crippen LogP contribution < -0.4 is 5.32 Å². The van der Waals surface area contributed by atoms with Crippen molar-refractivity contribution in [3.63, 3.8) is 0 Å². The number of aryl methyl sites for hydroxylation is 3. The summed E-state index contributed by atoms with van der Waals surface area (Å²) in [6.07, 6.45) is 4.80. The minimum absolute atomic E-state index is 0.108. The molecule has 4 aromatic rings. The summed E-state index contributed by atoms with van der Waals surface area (Å²) in [5.74, 6) is 0. The Morgan fingerprint density at radius 1 is 1.13 bits per heavy atom. The standard InChI is InChI=1S/C23H21N7/c1-15-23-20-9-4-16(17-13-25-29(3)14-17)12-21(20)22(10-11-30(23)28-27-15)26-19-7-5-18(24-2)6-8-19/h4-9,12-14,22,26H,10-11H2,1,3H3. The summed E-state index contributed by atoms with van der Waals surface area (Å²) in [6, 6.07) is 14.3. The van der Waals surface area contributed by atoms with E-state index in [1.807, 2.05) is 60.0 Å². The van der Waals surface area contributed by atoms with Crippen LogP contribution in [0.5, 0.6) is 0 Å². The summed E-state index contributed by atoms with van der Waals surface area (Å²) in [6.45, 7) is 9.95. The average molecular weight is 395 g/mol. The van der Waals surface area contributed by atoms with Crippen LogP contribution in [-0.2, 0) is 13.6 Å². The van der Waals surface area contributed by atoms with Crippen molar-refractivity contribution in [1.29, 1.82) is 0 Å². The van der Waals surface area contributed by atoms with Gasteiger partial charge in [0.2, 0.25) is 0 Å². The fourth-order valence-corrected chi connectivity index (χ4v) is 4.10. The van der Waals surface area contributed by atoms with Crippen LogP contribution in [0.25, 0.3) is 27.2 Å². The van der Waals surface area contributed by atoms with E-state index in [9.17, 15) is 0 Å². The molecule has 0 spiro atoms. The molecule has 3 heterocycles. The molecule has 1 aliphatic heterocycles. The molecule has 0 amide bonds. The van der Waals surface area contributed by atoms with Gasteiger partial charge >= 0.3 is 0 Å². The summed E-state index contributed by atoms with van der Waals surface area (Å²) >= 11 is 0. The molecule has 0 bridgehead atoms. The summed E-state index contributed by atoms with van der Waals surface area (Å²) in [7, 11) is 1.93. The van der Waals surface area contributed by atoms with Crippen molar-refractivity contribution in [1.82, 2.24) is 24.8 Å². The first-order valence-corrected chi connectivity index (χ1v) is 9.90. The maximum Gasteiger partial charge on any atom is 0.187 e. The lowest BCUT2D eigenvalue weighted by molar-refractivity contribution is 0.539. The zero-order valence-electron chi connectivity index (χ0n) is 16.9. The van der Waals surface area contributed by atoms with Crippen LogP contribution >= 0.6 is 0 Å². The molecular formula is C23H21N7. The molecule has 2 aromatic carbocycles. The molecule has 1 unspecified atom stereocenters. The smallest absolute Gasteiger partial charge is 0.187 e. The van der Waals surface area contributed by atoms with Crippen LogP contribution in [0.1, 0.15) is 23.7 Å². The van der Waals surface area contributed by atoms with Gasteiger partial charge in [-0.25, -0.2) is 9.53 Å². The molecule has 5 rings (SSSR count). The van der Waals surface area contributed by atoms with Gasteiger partial charge in [-0.1, -0.05) is 29.5 Å². The molecule has 0 saturated heterocycles. The van der Waals surface area contributed by atoms with Crippen molar-refractivity contribution in [2.45, 2.75) is 25.9 Å². The lowest BCUT2D eigenvalue weighted by atomic mass is 9.93. The van der Waals surface area contributed by atoms with Crippen molar-refractivity contribution in [3.8, 4) is 22.4 Å². The van der Waals surface area contributed by atoms with Gasteiger partial charge in [0, 0.05) is 36.6 Å². The van der Waals surface area contributed by atoms with E-state index in [1.165, 1.54) is 5.56 Å². The molecule has 0 radical (unpaired) electrons. The van der Waals surface area contributed by atoms with E-state index in [0.717, 1.165) is 46.7 Å². The Morgan fingerprint density at radius 2 is 1.97 bits per heavy atom. The van der Waals surface area contributed by atoms with Crippen LogP contribution in [0, 0.1) is 13.5 Å². The van der Waals surface area contributed by atoms with E-state index < -0.39 is 0 Å².